The van der Waals surface area contributed by atoms with E-state index in [0.717, 1.165) is 22.5 Å². The molecule has 0 unspecified atom stereocenters. The van der Waals surface area contributed by atoms with Crippen LogP contribution in [0.2, 0.25) is 0 Å². The SMILES string of the molecule is Cc1cc(O[C@H]2CCN(S(=O)(=O)c3ccccc3C(F)(F)F)C2)cc(=O)n1C. The first kappa shape index (κ1) is 20.4. The van der Waals surface area contributed by atoms with Crippen molar-refractivity contribution in [1.29, 1.82) is 0 Å². The van der Waals surface area contributed by atoms with Gasteiger partial charge in [0, 0.05) is 25.4 Å². The second-order valence-corrected chi connectivity index (χ2v) is 8.52. The molecule has 0 N–H and O–H groups in total. The third-order valence-electron chi connectivity index (χ3n) is 4.70. The Kier molecular flexibility index (Phi) is 5.28. The van der Waals surface area contributed by atoms with E-state index in [2.05, 4.69) is 0 Å². The molecule has 1 aromatic heterocycles. The molecule has 1 aliphatic rings. The van der Waals surface area contributed by atoms with Gasteiger partial charge in [-0.3, -0.25) is 4.79 Å². The van der Waals surface area contributed by atoms with Gasteiger partial charge in [0.15, 0.2) is 0 Å². The van der Waals surface area contributed by atoms with Crippen LogP contribution in [0, 0.1) is 6.92 Å². The summed E-state index contributed by atoms with van der Waals surface area (Å²) in [5, 5.41) is 0. The molecule has 6 nitrogen and oxygen atoms in total. The number of ether oxygens (including phenoxy) is 1. The van der Waals surface area contributed by atoms with Crippen molar-refractivity contribution in [1.82, 2.24) is 8.87 Å². The monoisotopic (exact) mass is 416 g/mol. The Morgan fingerprint density at radius 1 is 1.18 bits per heavy atom. The van der Waals surface area contributed by atoms with Gasteiger partial charge < -0.3 is 9.30 Å². The maximum Gasteiger partial charge on any atom is 0.417 e. The third kappa shape index (κ3) is 3.93. The number of hydrogen-bond donors (Lipinski definition) is 0. The minimum absolute atomic E-state index is 0.0308. The summed E-state index contributed by atoms with van der Waals surface area (Å²) in [5.41, 5.74) is -0.790. The van der Waals surface area contributed by atoms with Crippen LogP contribution in [0.5, 0.6) is 5.75 Å². The van der Waals surface area contributed by atoms with Gasteiger partial charge in [-0.2, -0.15) is 17.5 Å². The molecule has 0 bridgehead atoms. The summed E-state index contributed by atoms with van der Waals surface area (Å²) < 4.78 is 73.3. The first-order chi connectivity index (χ1) is 13.0. The maximum atomic E-state index is 13.2. The Labute approximate surface area is 160 Å². The van der Waals surface area contributed by atoms with Gasteiger partial charge in [0.25, 0.3) is 5.56 Å². The highest BCUT2D eigenvalue weighted by Crippen LogP contribution is 2.36. The minimum Gasteiger partial charge on any atom is -0.489 e. The smallest absolute Gasteiger partial charge is 0.417 e. The lowest BCUT2D eigenvalue weighted by Gasteiger charge is -2.20. The van der Waals surface area contributed by atoms with Crippen LogP contribution in [0.3, 0.4) is 0 Å². The molecule has 2 aromatic rings. The van der Waals surface area contributed by atoms with Crippen molar-refractivity contribution >= 4 is 10.0 Å². The topological polar surface area (TPSA) is 68.6 Å². The van der Waals surface area contributed by atoms with E-state index in [0.29, 0.717) is 17.9 Å². The van der Waals surface area contributed by atoms with E-state index < -0.39 is 32.8 Å². The zero-order valence-electron chi connectivity index (χ0n) is 15.2. The van der Waals surface area contributed by atoms with Crippen molar-refractivity contribution in [2.45, 2.75) is 30.5 Å². The molecule has 1 aromatic carbocycles. The molecule has 2 heterocycles. The first-order valence-electron chi connectivity index (χ1n) is 8.51. The molecule has 28 heavy (non-hydrogen) atoms. The molecule has 152 valence electrons. The number of sulfonamides is 1. The van der Waals surface area contributed by atoms with E-state index in [4.69, 9.17) is 4.74 Å². The molecule has 1 aliphatic heterocycles. The van der Waals surface area contributed by atoms with E-state index >= 15 is 0 Å². The Bertz CT molecular complexity index is 1050. The van der Waals surface area contributed by atoms with Crippen LogP contribution < -0.4 is 10.3 Å². The van der Waals surface area contributed by atoms with Gasteiger partial charge in [0.05, 0.1) is 17.0 Å². The van der Waals surface area contributed by atoms with Gasteiger partial charge in [-0.1, -0.05) is 12.1 Å². The largest absolute Gasteiger partial charge is 0.489 e. The molecule has 0 amide bonds. The van der Waals surface area contributed by atoms with E-state index in [1.54, 1.807) is 20.0 Å². The first-order valence-corrected chi connectivity index (χ1v) is 9.95. The van der Waals surface area contributed by atoms with Crippen molar-refractivity contribution in [2.75, 3.05) is 13.1 Å². The summed E-state index contributed by atoms with van der Waals surface area (Å²) in [6.07, 6.45) is -5.03. The number of nitrogens with zero attached hydrogens (tertiary/aromatic N) is 2. The fraction of sp³-hybridized carbons (Fsp3) is 0.389. The lowest BCUT2D eigenvalue weighted by molar-refractivity contribution is -0.139. The maximum absolute atomic E-state index is 13.2. The highest BCUT2D eigenvalue weighted by Gasteiger charge is 2.41. The second-order valence-electron chi connectivity index (χ2n) is 6.62. The van der Waals surface area contributed by atoms with Crippen molar-refractivity contribution in [2.24, 2.45) is 7.05 Å². The molecule has 0 aliphatic carbocycles. The predicted molar refractivity (Wildman–Crippen MR) is 95.7 cm³/mol. The third-order valence-corrected chi connectivity index (χ3v) is 6.62. The highest BCUT2D eigenvalue weighted by atomic mass is 32.2. The summed E-state index contributed by atoms with van der Waals surface area (Å²) >= 11 is 0. The predicted octanol–water partition coefficient (Wildman–Crippen LogP) is 2.55. The summed E-state index contributed by atoms with van der Waals surface area (Å²) in [4.78, 5) is 11.1. The van der Waals surface area contributed by atoms with Crippen LogP contribution in [-0.4, -0.2) is 36.5 Å². The van der Waals surface area contributed by atoms with Crippen LogP contribution >= 0.6 is 0 Å². The van der Waals surface area contributed by atoms with Gasteiger partial charge in [-0.15, -0.1) is 0 Å². The zero-order valence-corrected chi connectivity index (χ0v) is 16.0. The van der Waals surface area contributed by atoms with Crippen molar-refractivity contribution in [3.63, 3.8) is 0 Å². The van der Waals surface area contributed by atoms with Crippen LogP contribution in [0.15, 0.2) is 46.1 Å². The van der Waals surface area contributed by atoms with Gasteiger partial charge >= 0.3 is 6.18 Å². The van der Waals surface area contributed by atoms with Crippen molar-refractivity contribution in [3.8, 4) is 5.75 Å². The Balaban J connectivity index is 1.81. The number of aryl methyl sites for hydroxylation is 1. The standard InChI is InChI=1S/C18H19F3N2O4S/c1-12-9-14(10-17(24)22(12)2)27-13-7-8-23(11-13)28(25,26)16-6-4-3-5-15(16)18(19,20)21/h3-6,9-10,13H,7-8,11H2,1-2H3/t13-/m0/s1. The number of halogens is 3. The molecule has 3 rings (SSSR count). The Morgan fingerprint density at radius 3 is 2.50 bits per heavy atom. The average molecular weight is 416 g/mol. The number of benzene rings is 1. The van der Waals surface area contributed by atoms with E-state index in [-0.39, 0.29) is 18.6 Å². The molecular formula is C18H19F3N2O4S. The van der Waals surface area contributed by atoms with Crippen molar-refractivity contribution in [3.05, 3.63) is 58.0 Å². The number of rotatable bonds is 4. The van der Waals surface area contributed by atoms with E-state index in [1.807, 2.05) is 0 Å². The summed E-state index contributed by atoms with van der Waals surface area (Å²) in [7, 11) is -2.72. The quantitative estimate of drug-likeness (QED) is 0.768. The molecule has 0 spiro atoms. The van der Waals surface area contributed by atoms with Crippen LogP contribution in [-0.2, 0) is 23.2 Å². The van der Waals surface area contributed by atoms with E-state index in [1.165, 1.54) is 16.7 Å². The van der Waals surface area contributed by atoms with Gasteiger partial charge in [0.2, 0.25) is 10.0 Å². The van der Waals surface area contributed by atoms with Gasteiger partial charge in [-0.05, 0) is 31.5 Å². The molecule has 1 saturated heterocycles. The molecule has 1 atom stereocenters. The number of alkyl halides is 3. The van der Waals surface area contributed by atoms with E-state index in [9.17, 15) is 26.4 Å². The molecular weight excluding hydrogens is 397 g/mol. The lowest BCUT2D eigenvalue weighted by Crippen LogP contribution is -2.32. The summed E-state index contributed by atoms with van der Waals surface area (Å²) in [6, 6.07) is 7.06. The number of aromatic nitrogens is 1. The van der Waals surface area contributed by atoms with Crippen LogP contribution in [0.4, 0.5) is 13.2 Å². The van der Waals surface area contributed by atoms with Crippen LogP contribution in [0.1, 0.15) is 17.7 Å². The summed E-state index contributed by atoms with van der Waals surface area (Å²) in [6.45, 7) is 1.67. The normalized spacial score (nSPS) is 18.4. The average Bonchev–Trinajstić information content (AvgIpc) is 3.08. The molecule has 0 radical (unpaired) electrons. The summed E-state index contributed by atoms with van der Waals surface area (Å²) in [5.74, 6) is 0.306. The highest BCUT2D eigenvalue weighted by molar-refractivity contribution is 7.89. The van der Waals surface area contributed by atoms with Gasteiger partial charge in [0.1, 0.15) is 11.9 Å². The second kappa shape index (κ2) is 7.25. The lowest BCUT2D eigenvalue weighted by atomic mass is 10.2. The molecule has 10 heteroatoms. The zero-order chi connectivity index (χ0) is 20.7. The number of pyridine rings is 1. The number of hydrogen-bond acceptors (Lipinski definition) is 4. The fourth-order valence-electron chi connectivity index (χ4n) is 3.07. The van der Waals surface area contributed by atoms with Gasteiger partial charge in [-0.25, -0.2) is 8.42 Å². The molecule has 0 saturated carbocycles. The Hall–Kier alpha value is -2.33. The van der Waals surface area contributed by atoms with Crippen molar-refractivity contribution < 1.29 is 26.3 Å². The fourth-order valence-corrected chi connectivity index (χ4v) is 4.77. The Morgan fingerprint density at radius 2 is 1.86 bits per heavy atom. The molecule has 1 fully saturated rings. The minimum atomic E-state index is -4.78. The van der Waals surface area contributed by atoms with Crippen LogP contribution in [0.25, 0.3) is 0 Å².